The van der Waals surface area contributed by atoms with Crippen molar-refractivity contribution < 1.29 is 23.7 Å². The number of ether oxygens (including phenoxy) is 4. The van der Waals surface area contributed by atoms with Gasteiger partial charge >= 0.3 is 5.97 Å². The Labute approximate surface area is 207 Å². The van der Waals surface area contributed by atoms with E-state index in [9.17, 15) is 4.79 Å². The topological polar surface area (TPSA) is 66.9 Å². The standard InChI is InChI=1S/C28H23NO5S/c30-27(34-23-7-2-1-3-8-23)21-6-4-5-20(17-21)19-33-22-9-11-24(12-10-22)35-26-18-29-14-13-25(26)28-31-15-16-32-28/h1-14,17-18,28H,15-16,19H2. The van der Waals surface area contributed by atoms with Crippen LogP contribution in [-0.4, -0.2) is 24.2 Å². The van der Waals surface area contributed by atoms with E-state index in [1.54, 1.807) is 42.2 Å². The lowest BCUT2D eigenvalue weighted by Gasteiger charge is -2.14. The molecule has 5 rings (SSSR count). The van der Waals surface area contributed by atoms with Gasteiger partial charge in [-0.15, -0.1) is 0 Å². The molecule has 0 N–H and O–H groups in total. The third-order valence-electron chi connectivity index (χ3n) is 5.27. The van der Waals surface area contributed by atoms with Gasteiger partial charge in [-0.1, -0.05) is 42.1 Å². The van der Waals surface area contributed by atoms with Crippen LogP contribution in [0.2, 0.25) is 0 Å². The molecule has 0 spiro atoms. The molecule has 1 aromatic heterocycles. The lowest BCUT2D eigenvalue weighted by atomic mass is 10.1. The lowest BCUT2D eigenvalue weighted by molar-refractivity contribution is -0.0461. The van der Waals surface area contributed by atoms with Crippen molar-refractivity contribution in [2.45, 2.75) is 22.7 Å². The van der Waals surface area contributed by atoms with Crippen molar-refractivity contribution in [2.24, 2.45) is 0 Å². The van der Waals surface area contributed by atoms with E-state index < -0.39 is 5.97 Å². The first kappa shape index (κ1) is 23.1. The molecular formula is C28H23NO5S. The third-order valence-corrected chi connectivity index (χ3v) is 6.33. The number of nitrogens with zero attached hydrogens (tertiary/aromatic N) is 1. The first-order valence-corrected chi connectivity index (χ1v) is 12.0. The summed E-state index contributed by atoms with van der Waals surface area (Å²) >= 11 is 1.60. The number of hydrogen-bond acceptors (Lipinski definition) is 7. The molecule has 0 atom stereocenters. The number of carbonyl (C=O) groups is 1. The van der Waals surface area contributed by atoms with Crippen LogP contribution in [-0.2, 0) is 16.1 Å². The van der Waals surface area contributed by atoms with Crippen LogP contribution in [0.15, 0.2) is 107 Å². The van der Waals surface area contributed by atoms with E-state index in [2.05, 4.69) is 4.98 Å². The summed E-state index contributed by atoms with van der Waals surface area (Å²) in [5, 5.41) is 0. The van der Waals surface area contributed by atoms with Gasteiger partial charge in [0, 0.05) is 27.7 Å². The zero-order valence-electron chi connectivity index (χ0n) is 18.8. The van der Waals surface area contributed by atoms with E-state index in [1.807, 2.05) is 66.9 Å². The van der Waals surface area contributed by atoms with Gasteiger partial charge in [-0.05, 0) is 60.2 Å². The Hall–Kier alpha value is -3.65. The Morgan fingerprint density at radius 3 is 2.51 bits per heavy atom. The van der Waals surface area contributed by atoms with Crippen molar-refractivity contribution in [3.63, 3.8) is 0 Å². The average Bonchev–Trinajstić information content (AvgIpc) is 3.44. The minimum Gasteiger partial charge on any atom is -0.489 e. The van der Waals surface area contributed by atoms with Gasteiger partial charge in [0.05, 0.1) is 18.8 Å². The number of hydrogen-bond donors (Lipinski definition) is 0. The zero-order valence-corrected chi connectivity index (χ0v) is 19.6. The smallest absolute Gasteiger partial charge is 0.343 e. The van der Waals surface area contributed by atoms with Crippen LogP contribution in [0.3, 0.4) is 0 Å². The molecule has 176 valence electrons. The number of pyridine rings is 1. The van der Waals surface area contributed by atoms with Crippen molar-refractivity contribution in [3.8, 4) is 11.5 Å². The molecule has 0 aliphatic carbocycles. The first-order chi connectivity index (χ1) is 17.2. The molecule has 1 aliphatic heterocycles. The molecule has 1 saturated heterocycles. The molecule has 35 heavy (non-hydrogen) atoms. The highest BCUT2D eigenvalue weighted by Crippen LogP contribution is 2.36. The fourth-order valence-corrected chi connectivity index (χ4v) is 4.47. The van der Waals surface area contributed by atoms with Gasteiger partial charge in [0.2, 0.25) is 0 Å². The van der Waals surface area contributed by atoms with E-state index in [-0.39, 0.29) is 6.29 Å². The van der Waals surface area contributed by atoms with Crippen molar-refractivity contribution in [1.29, 1.82) is 0 Å². The van der Waals surface area contributed by atoms with E-state index in [0.29, 0.717) is 31.1 Å². The van der Waals surface area contributed by atoms with Crippen LogP contribution in [0.25, 0.3) is 0 Å². The van der Waals surface area contributed by atoms with E-state index in [1.165, 1.54) is 0 Å². The molecule has 0 bridgehead atoms. The highest BCUT2D eigenvalue weighted by atomic mass is 32.2. The Morgan fingerprint density at radius 2 is 1.71 bits per heavy atom. The van der Waals surface area contributed by atoms with Crippen LogP contribution in [0.1, 0.15) is 27.8 Å². The summed E-state index contributed by atoms with van der Waals surface area (Å²) in [7, 11) is 0. The lowest BCUT2D eigenvalue weighted by Crippen LogP contribution is -2.09. The number of aromatic nitrogens is 1. The fourth-order valence-electron chi connectivity index (χ4n) is 3.55. The van der Waals surface area contributed by atoms with Crippen LogP contribution < -0.4 is 9.47 Å². The van der Waals surface area contributed by atoms with Crippen molar-refractivity contribution in [2.75, 3.05) is 13.2 Å². The van der Waals surface area contributed by atoms with Crippen molar-refractivity contribution in [3.05, 3.63) is 114 Å². The maximum atomic E-state index is 12.5. The highest BCUT2D eigenvalue weighted by Gasteiger charge is 2.21. The summed E-state index contributed by atoms with van der Waals surface area (Å²) in [6.45, 7) is 1.53. The summed E-state index contributed by atoms with van der Waals surface area (Å²) < 4.78 is 22.7. The summed E-state index contributed by atoms with van der Waals surface area (Å²) in [6, 6.07) is 26.1. The Balaban J connectivity index is 1.19. The fraction of sp³-hybridized carbons (Fsp3) is 0.143. The zero-order chi connectivity index (χ0) is 23.9. The number of benzene rings is 3. The predicted molar refractivity (Wildman–Crippen MR) is 132 cm³/mol. The van der Waals surface area contributed by atoms with Gasteiger partial charge < -0.3 is 18.9 Å². The molecule has 0 radical (unpaired) electrons. The third kappa shape index (κ3) is 6.08. The molecule has 4 aromatic rings. The first-order valence-electron chi connectivity index (χ1n) is 11.2. The second-order valence-electron chi connectivity index (χ2n) is 7.75. The van der Waals surface area contributed by atoms with Gasteiger partial charge in [-0.3, -0.25) is 4.98 Å². The predicted octanol–water partition coefficient (Wildman–Crippen LogP) is 6.08. The summed E-state index contributed by atoms with van der Waals surface area (Å²) in [5.41, 5.74) is 2.33. The largest absolute Gasteiger partial charge is 0.489 e. The summed E-state index contributed by atoms with van der Waals surface area (Å²) in [6.07, 6.45) is 3.23. The quantitative estimate of drug-likeness (QED) is 0.221. The Morgan fingerprint density at radius 1 is 0.914 bits per heavy atom. The molecule has 0 amide bonds. The van der Waals surface area contributed by atoms with E-state index in [4.69, 9.17) is 18.9 Å². The number of para-hydroxylation sites is 1. The maximum Gasteiger partial charge on any atom is 0.343 e. The normalized spacial score (nSPS) is 13.5. The molecule has 0 unspecified atom stereocenters. The number of carbonyl (C=O) groups excluding carboxylic acids is 1. The van der Waals surface area contributed by atoms with Crippen LogP contribution >= 0.6 is 11.8 Å². The molecule has 3 aromatic carbocycles. The van der Waals surface area contributed by atoms with Crippen molar-refractivity contribution in [1.82, 2.24) is 4.98 Å². The molecule has 7 heteroatoms. The number of rotatable bonds is 8. The molecular weight excluding hydrogens is 462 g/mol. The Bertz CT molecular complexity index is 1270. The molecule has 1 aliphatic rings. The minimum absolute atomic E-state index is 0.335. The summed E-state index contributed by atoms with van der Waals surface area (Å²) in [4.78, 5) is 18.7. The van der Waals surface area contributed by atoms with Crippen molar-refractivity contribution >= 4 is 17.7 Å². The second kappa shape index (κ2) is 11.2. The molecule has 0 saturated carbocycles. The van der Waals surface area contributed by atoms with E-state index >= 15 is 0 Å². The van der Waals surface area contributed by atoms with Gasteiger partial charge in [0.1, 0.15) is 18.1 Å². The average molecular weight is 486 g/mol. The van der Waals surface area contributed by atoms with Gasteiger partial charge in [0.15, 0.2) is 6.29 Å². The van der Waals surface area contributed by atoms with Gasteiger partial charge in [-0.2, -0.15) is 0 Å². The van der Waals surface area contributed by atoms with Gasteiger partial charge in [0.25, 0.3) is 0 Å². The number of esters is 1. The minimum atomic E-state index is -0.400. The van der Waals surface area contributed by atoms with Crippen LogP contribution in [0, 0.1) is 0 Å². The molecule has 6 nitrogen and oxygen atoms in total. The van der Waals surface area contributed by atoms with Crippen LogP contribution in [0.4, 0.5) is 0 Å². The molecule has 2 heterocycles. The Kier molecular flexibility index (Phi) is 7.38. The van der Waals surface area contributed by atoms with Crippen LogP contribution in [0.5, 0.6) is 11.5 Å². The maximum absolute atomic E-state index is 12.5. The van der Waals surface area contributed by atoms with E-state index in [0.717, 1.165) is 26.7 Å². The SMILES string of the molecule is O=C(Oc1ccccc1)c1cccc(COc2ccc(Sc3cnccc3C3OCCO3)cc2)c1. The summed E-state index contributed by atoms with van der Waals surface area (Å²) in [5.74, 6) is 0.849. The van der Waals surface area contributed by atoms with Gasteiger partial charge in [-0.25, -0.2) is 4.79 Å². The highest BCUT2D eigenvalue weighted by molar-refractivity contribution is 7.99. The second-order valence-corrected chi connectivity index (χ2v) is 8.87. The molecule has 1 fully saturated rings. The monoisotopic (exact) mass is 485 g/mol.